The molecule has 2 unspecified atom stereocenters. The number of anilines is 1. The van der Waals surface area contributed by atoms with Gasteiger partial charge in [0.05, 0.1) is 12.0 Å². The second-order valence-electron chi connectivity index (χ2n) is 10.4. The van der Waals surface area contributed by atoms with Crippen molar-refractivity contribution in [3.05, 3.63) is 54.1 Å². The van der Waals surface area contributed by atoms with Gasteiger partial charge in [0.25, 0.3) is 0 Å². The van der Waals surface area contributed by atoms with Crippen molar-refractivity contribution in [3.8, 4) is 5.75 Å². The van der Waals surface area contributed by atoms with E-state index in [1.807, 2.05) is 12.1 Å². The van der Waals surface area contributed by atoms with Gasteiger partial charge in [0, 0.05) is 38.1 Å². The normalized spacial score (nSPS) is 24.6. The van der Waals surface area contributed by atoms with Gasteiger partial charge in [0.2, 0.25) is 0 Å². The Hall–Kier alpha value is -2.57. The van der Waals surface area contributed by atoms with Gasteiger partial charge < -0.3 is 19.9 Å². The lowest BCUT2D eigenvalue weighted by Gasteiger charge is -2.46. The summed E-state index contributed by atoms with van der Waals surface area (Å²) in [4.78, 5) is 5.06. The number of rotatable bonds is 7. The first kappa shape index (κ1) is 21.0. The van der Waals surface area contributed by atoms with Gasteiger partial charge >= 0.3 is 0 Å². The Morgan fingerprint density at radius 2 is 1.97 bits per heavy atom. The van der Waals surface area contributed by atoms with Gasteiger partial charge in [0.1, 0.15) is 5.75 Å². The van der Waals surface area contributed by atoms with Crippen LogP contribution in [0.3, 0.4) is 0 Å². The van der Waals surface area contributed by atoms with E-state index in [0.717, 1.165) is 68.3 Å². The van der Waals surface area contributed by atoms with E-state index in [2.05, 4.69) is 51.4 Å². The Kier molecular flexibility index (Phi) is 5.51. The molecule has 33 heavy (non-hydrogen) atoms. The van der Waals surface area contributed by atoms with Crippen LogP contribution < -0.4 is 15.4 Å². The Bertz CT molecular complexity index is 1110. The molecule has 3 aromatic rings. The molecule has 3 heterocycles. The van der Waals surface area contributed by atoms with Gasteiger partial charge in [-0.3, -0.25) is 4.90 Å². The summed E-state index contributed by atoms with van der Waals surface area (Å²) >= 11 is 0. The van der Waals surface area contributed by atoms with Crippen molar-refractivity contribution in [1.29, 1.82) is 0 Å². The van der Waals surface area contributed by atoms with Crippen LogP contribution in [0.2, 0.25) is 0 Å². The third kappa shape index (κ3) is 4.34. The second-order valence-corrected chi connectivity index (χ2v) is 10.4. The Morgan fingerprint density at radius 3 is 2.85 bits per heavy atom. The van der Waals surface area contributed by atoms with E-state index in [0.29, 0.717) is 17.4 Å². The molecule has 0 bridgehead atoms. The zero-order valence-electron chi connectivity index (χ0n) is 19.3. The number of hydrogen-bond acceptors (Lipinski definition) is 6. The molecule has 2 saturated heterocycles. The van der Waals surface area contributed by atoms with Crippen molar-refractivity contribution >= 4 is 16.8 Å². The highest BCUT2D eigenvalue weighted by molar-refractivity contribution is 5.88. The van der Waals surface area contributed by atoms with E-state index in [4.69, 9.17) is 15.0 Å². The maximum atomic E-state index is 6.27. The van der Waals surface area contributed by atoms with Crippen molar-refractivity contribution in [1.82, 2.24) is 10.1 Å². The van der Waals surface area contributed by atoms with E-state index < -0.39 is 0 Å². The first-order chi connectivity index (χ1) is 16.2. The summed E-state index contributed by atoms with van der Waals surface area (Å²) in [7, 11) is 0. The van der Waals surface area contributed by atoms with Crippen LogP contribution in [0.5, 0.6) is 5.75 Å². The molecule has 6 rings (SSSR count). The fourth-order valence-corrected chi connectivity index (χ4v) is 5.71. The van der Waals surface area contributed by atoms with Crippen molar-refractivity contribution in [2.45, 2.75) is 38.1 Å². The van der Waals surface area contributed by atoms with Gasteiger partial charge in [-0.25, -0.2) is 0 Å². The van der Waals surface area contributed by atoms with Crippen LogP contribution in [0.15, 0.2) is 53.1 Å². The van der Waals surface area contributed by atoms with Crippen LogP contribution in [0.1, 0.15) is 31.2 Å². The molecular weight excluding hydrogens is 412 g/mol. The van der Waals surface area contributed by atoms with Gasteiger partial charge in [-0.05, 0) is 73.9 Å². The monoisotopic (exact) mass is 446 g/mol. The molecule has 0 radical (unpaired) electrons. The summed E-state index contributed by atoms with van der Waals surface area (Å²) in [6.07, 6.45) is 6.02. The van der Waals surface area contributed by atoms with Crippen molar-refractivity contribution < 1.29 is 9.26 Å². The smallest absolute Gasteiger partial charge is 0.180 e. The Morgan fingerprint density at radius 1 is 1.06 bits per heavy atom. The largest absolute Gasteiger partial charge is 0.493 e. The maximum absolute atomic E-state index is 6.27. The number of piperazine rings is 1. The number of piperidine rings is 1. The molecule has 3 fully saturated rings. The van der Waals surface area contributed by atoms with Crippen molar-refractivity contribution in [2.24, 2.45) is 17.1 Å². The molecule has 2 aliphatic heterocycles. The number of ether oxygens (including phenoxy) is 1. The summed E-state index contributed by atoms with van der Waals surface area (Å²) in [5, 5.41) is 5.50. The predicted octanol–water partition coefficient (Wildman–Crippen LogP) is 4.09. The average Bonchev–Trinajstić information content (AvgIpc) is 3.50. The highest BCUT2D eigenvalue weighted by atomic mass is 16.5. The van der Waals surface area contributed by atoms with E-state index in [1.54, 1.807) is 0 Å². The third-order valence-electron chi connectivity index (χ3n) is 8.02. The molecule has 0 amide bonds. The molecule has 2 N–H and O–H groups in total. The van der Waals surface area contributed by atoms with E-state index in [9.17, 15) is 0 Å². The van der Waals surface area contributed by atoms with Gasteiger partial charge in [-0.15, -0.1) is 0 Å². The summed E-state index contributed by atoms with van der Waals surface area (Å²) in [6.45, 7) is 5.79. The van der Waals surface area contributed by atoms with E-state index in [1.165, 1.54) is 31.2 Å². The quantitative estimate of drug-likeness (QED) is 0.590. The summed E-state index contributed by atoms with van der Waals surface area (Å²) < 4.78 is 11.8. The molecule has 3 aliphatic rings. The molecular formula is C27H34N4O2. The minimum absolute atomic E-state index is 0.359. The van der Waals surface area contributed by atoms with Gasteiger partial charge in [-0.2, -0.15) is 0 Å². The molecule has 6 heteroatoms. The fourth-order valence-electron chi connectivity index (χ4n) is 5.71. The summed E-state index contributed by atoms with van der Waals surface area (Å²) in [5.41, 5.74) is 8.56. The van der Waals surface area contributed by atoms with Crippen LogP contribution in [-0.4, -0.2) is 55.4 Å². The van der Waals surface area contributed by atoms with Crippen LogP contribution in [0, 0.1) is 11.3 Å². The van der Waals surface area contributed by atoms with Crippen LogP contribution in [0.4, 0.5) is 5.82 Å². The topological polar surface area (TPSA) is 67.8 Å². The first-order valence-electron chi connectivity index (χ1n) is 12.5. The lowest BCUT2D eigenvalue weighted by molar-refractivity contribution is 0.0726. The summed E-state index contributed by atoms with van der Waals surface area (Å²) in [6, 6.07) is 17.4. The zero-order valence-corrected chi connectivity index (χ0v) is 19.3. The Labute approximate surface area is 195 Å². The molecule has 1 saturated carbocycles. The van der Waals surface area contributed by atoms with Gasteiger partial charge in [0.15, 0.2) is 11.4 Å². The van der Waals surface area contributed by atoms with E-state index in [-0.39, 0.29) is 0 Å². The maximum Gasteiger partial charge on any atom is 0.180 e. The fraction of sp³-hybridized carbons (Fsp3) is 0.519. The zero-order chi connectivity index (χ0) is 22.3. The molecule has 6 nitrogen and oxygen atoms in total. The lowest BCUT2D eigenvalue weighted by atomic mass is 9.91. The average molecular weight is 447 g/mol. The number of aromatic nitrogens is 1. The number of para-hydroxylation sites is 1. The minimum Gasteiger partial charge on any atom is -0.493 e. The van der Waals surface area contributed by atoms with Crippen LogP contribution >= 0.6 is 0 Å². The van der Waals surface area contributed by atoms with Crippen molar-refractivity contribution in [3.63, 3.8) is 0 Å². The summed E-state index contributed by atoms with van der Waals surface area (Å²) in [5.74, 6) is 2.59. The van der Waals surface area contributed by atoms with Crippen LogP contribution in [0.25, 0.3) is 11.0 Å². The molecule has 174 valence electrons. The molecule has 2 aromatic carbocycles. The lowest BCUT2D eigenvalue weighted by Crippen LogP contribution is -2.57. The number of benzene rings is 2. The van der Waals surface area contributed by atoms with E-state index >= 15 is 0 Å². The van der Waals surface area contributed by atoms with Crippen molar-refractivity contribution in [2.75, 3.05) is 44.2 Å². The predicted molar refractivity (Wildman–Crippen MR) is 131 cm³/mol. The number of nitrogens with two attached hydrogens (primary N) is 1. The highest BCUT2D eigenvalue weighted by Crippen LogP contribution is 2.47. The minimum atomic E-state index is 0.359. The first-order valence-corrected chi connectivity index (χ1v) is 12.5. The molecule has 0 spiro atoms. The molecule has 2 atom stereocenters. The van der Waals surface area contributed by atoms with Crippen LogP contribution in [-0.2, 0) is 6.42 Å². The standard InChI is InChI=1S/C27H34N4O2/c28-19-27(10-11-27)15-20-4-3-5-23(14-20)32-18-21-8-9-22-17-31(13-12-30(22)16-21)26-24-6-1-2-7-25(24)33-29-26/h1-7,14,21-22H,8-13,15-19,28H2. The highest BCUT2D eigenvalue weighted by Gasteiger charge is 2.41. The third-order valence-corrected chi connectivity index (χ3v) is 8.02. The number of nitrogens with zero attached hydrogens (tertiary/aromatic N) is 3. The SMILES string of the molecule is NCC1(Cc2cccc(OCC3CCC4CN(c5noc6ccccc56)CCN4C3)c2)CC1. The van der Waals surface area contributed by atoms with Gasteiger partial charge in [-0.1, -0.05) is 29.4 Å². The molecule has 1 aromatic heterocycles. The number of hydrogen-bond donors (Lipinski definition) is 1. The number of fused-ring (bicyclic) bond motifs is 2. The Balaban J connectivity index is 1.03. The molecule has 1 aliphatic carbocycles. The second kappa shape index (κ2) is 8.65.